The molecule has 0 spiro atoms. The Morgan fingerprint density at radius 1 is 1.29 bits per heavy atom. The van der Waals surface area contributed by atoms with Crippen LogP contribution in [0.3, 0.4) is 0 Å². The van der Waals surface area contributed by atoms with E-state index in [4.69, 9.17) is 9.47 Å². The lowest BCUT2D eigenvalue weighted by molar-refractivity contribution is -0.138. The van der Waals surface area contributed by atoms with Gasteiger partial charge in [-0.15, -0.1) is 0 Å². The highest BCUT2D eigenvalue weighted by Crippen LogP contribution is 2.45. The van der Waals surface area contributed by atoms with Gasteiger partial charge in [0.2, 0.25) is 0 Å². The summed E-state index contributed by atoms with van der Waals surface area (Å²) in [5.74, 6) is -0.493. The highest BCUT2D eigenvalue weighted by Gasteiger charge is 2.44. The predicted molar refractivity (Wildman–Crippen MR) is 109 cm³/mol. The molecule has 0 radical (unpaired) electrons. The number of Topliss-reactive ketones (excluding diaryl/α,β-unsaturated/α-hetero) is 1. The molecule has 0 aromatic heterocycles. The summed E-state index contributed by atoms with van der Waals surface area (Å²) in [6.45, 7) is 8.15. The van der Waals surface area contributed by atoms with Crippen molar-refractivity contribution in [2.24, 2.45) is 10.9 Å². The van der Waals surface area contributed by atoms with Gasteiger partial charge in [-0.2, -0.15) is 0 Å². The minimum absolute atomic E-state index is 0.117. The Kier molecular flexibility index (Phi) is 6.45. The van der Waals surface area contributed by atoms with E-state index in [0.29, 0.717) is 30.0 Å². The average molecular weight is 381 g/mol. The molecule has 1 aromatic carbocycles. The fourth-order valence-electron chi connectivity index (χ4n) is 4.01. The zero-order valence-electron chi connectivity index (χ0n) is 16.6. The number of carbonyl (C=O) groups excluding carboxylic acids is 2. The molecule has 148 valence electrons. The van der Waals surface area contributed by atoms with Crippen molar-refractivity contribution in [3.63, 3.8) is 0 Å². The minimum Gasteiger partial charge on any atom is -0.493 e. The Morgan fingerprint density at radius 3 is 2.82 bits per heavy atom. The smallest absolute Gasteiger partial charge is 0.336 e. The van der Waals surface area contributed by atoms with Gasteiger partial charge in [0.15, 0.2) is 0 Å². The van der Waals surface area contributed by atoms with Crippen molar-refractivity contribution < 1.29 is 19.1 Å². The lowest BCUT2D eigenvalue weighted by atomic mass is 9.69. The van der Waals surface area contributed by atoms with Crippen LogP contribution in [0.5, 0.6) is 5.75 Å². The molecule has 1 fully saturated rings. The Labute approximate surface area is 166 Å². The van der Waals surface area contributed by atoms with Gasteiger partial charge in [0.25, 0.3) is 0 Å². The molecule has 5 nitrogen and oxygen atoms in total. The summed E-state index contributed by atoms with van der Waals surface area (Å²) >= 11 is 0. The number of fused-ring (bicyclic) bond motifs is 1. The van der Waals surface area contributed by atoms with E-state index in [-0.39, 0.29) is 12.4 Å². The maximum absolute atomic E-state index is 12.9. The third kappa shape index (κ3) is 3.93. The van der Waals surface area contributed by atoms with Gasteiger partial charge in [0.05, 0.1) is 18.1 Å². The predicted octanol–water partition coefficient (Wildman–Crippen LogP) is 4.39. The molecule has 1 heterocycles. The number of benzene rings is 1. The Hall–Kier alpha value is -2.69. The van der Waals surface area contributed by atoms with E-state index in [9.17, 15) is 9.59 Å². The van der Waals surface area contributed by atoms with Crippen LogP contribution in [0.15, 0.2) is 53.2 Å². The SMILES string of the molecule is C=CCOC(=O)C1=C(C)N=C2CCCC(=O)C2[C@H]1c1ccccc1OCCC. The second-order valence-corrected chi connectivity index (χ2v) is 7.15. The zero-order chi connectivity index (χ0) is 20.1. The number of para-hydroxylation sites is 1. The first-order chi connectivity index (χ1) is 13.6. The summed E-state index contributed by atoms with van der Waals surface area (Å²) in [7, 11) is 0. The van der Waals surface area contributed by atoms with Crippen LogP contribution in [0.1, 0.15) is 51.0 Å². The maximum Gasteiger partial charge on any atom is 0.336 e. The summed E-state index contributed by atoms with van der Waals surface area (Å²) in [6, 6.07) is 7.65. The van der Waals surface area contributed by atoms with Crippen molar-refractivity contribution in [2.45, 2.75) is 45.4 Å². The van der Waals surface area contributed by atoms with Crippen LogP contribution in [0, 0.1) is 5.92 Å². The van der Waals surface area contributed by atoms with E-state index in [0.717, 1.165) is 30.5 Å². The van der Waals surface area contributed by atoms with E-state index in [1.165, 1.54) is 6.08 Å². The van der Waals surface area contributed by atoms with Crippen LogP contribution in [0.25, 0.3) is 0 Å². The quantitative estimate of drug-likeness (QED) is 0.519. The normalized spacial score (nSPS) is 21.6. The van der Waals surface area contributed by atoms with E-state index >= 15 is 0 Å². The highest BCUT2D eigenvalue weighted by atomic mass is 16.5. The third-order valence-corrected chi connectivity index (χ3v) is 5.18. The van der Waals surface area contributed by atoms with Gasteiger partial charge in [0, 0.05) is 29.3 Å². The molecule has 5 heteroatoms. The Balaban J connectivity index is 2.13. The molecule has 1 aromatic rings. The molecule has 28 heavy (non-hydrogen) atoms. The number of ketones is 1. The van der Waals surface area contributed by atoms with Gasteiger partial charge >= 0.3 is 5.97 Å². The van der Waals surface area contributed by atoms with Crippen LogP contribution in [-0.2, 0) is 14.3 Å². The van der Waals surface area contributed by atoms with E-state index < -0.39 is 17.8 Å². The number of hydrogen-bond donors (Lipinski definition) is 0. The van der Waals surface area contributed by atoms with Gasteiger partial charge in [0.1, 0.15) is 18.1 Å². The van der Waals surface area contributed by atoms with Gasteiger partial charge in [-0.05, 0) is 32.3 Å². The van der Waals surface area contributed by atoms with Crippen molar-refractivity contribution >= 4 is 17.5 Å². The van der Waals surface area contributed by atoms with Crippen molar-refractivity contribution in [1.82, 2.24) is 0 Å². The molecule has 2 aliphatic rings. The summed E-state index contributed by atoms with van der Waals surface area (Å²) < 4.78 is 11.3. The topological polar surface area (TPSA) is 65.0 Å². The maximum atomic E-state index is 12.9. The number of allylic oxidation sites excluding steroid dienone is 1. The average Bonchev–Trinajstić information content (AvgIpc) is 2.70. The van der Waals surface area contributed by atoms with Crippen molar-refractivity contribution in [2.75, 3.05) is 13.2 Å². The summed E-state index contributed by atoms with van der Waals surface area (Å²) in [5, 5.41) is 0. The molecule has 3 rings (SSSR count). The fraction of sp³-hybridized carbons (Fsp3) is 0.435. The molecule has 0 saturated heterocycles. The fourth-order valence-corrected chi connectivity index (χ4v) is 4.01. The molecule has 0 N–H and O–H groups in total. The Bertz CT molecular complexity index is 837. The molecule has 2 atom stereocenters. The van der Waals surface area contributed by atoms with Gasteiger partial charge < -0.3 is 9.47 Å². The molecule has 0 amide bonds. The monoisotopic (exact) mass is 381 g/mol. The molecular formula is C23H27NO4. The first-order valence-electron chi connectivity index (χ1n) is 9.89. The van der Waals surface area contributed by atoms with Gasteiger partial charge in [-0.25, -0.2) is 4.79 Å². The Morgan fingerprint density at radius 2 is 2.07 bits per heavy atom. The number of carbonyl (C=O) groups is 2. The largest absolute Gasteiger partial charge is 0.493 e. The summed E-state index contributed by atoms with van der Waals surface area (Å²) in [6.07, 6.45) is 4.49. The van der Waals surface area contributed by atoms with E-state index in [1.54, 1.807) is 0 Å². The van der Waals surface area contributed by atoms with Gasteiger partial charge in [-0.1, -0.05) is 37.8 Å². The second kappa shape index (κ2) is 9.00. The molecule has 1 aliphatic carbocycles. The number of nitrogens with zero attached hydrogens (tertiary/aromatic N) is 1. The van der Waals surface area contributed by atoms with E-state index in [2.05, 4.69) is 11.6 Å². The molecule has 0 bridgehead atoms. The van der Waals surface area contributed by atoms with Gasteiger partial charge in [-0.3, -0.25) is 9.79 Å². The van der Waals surface area contributed by atoms with Crippen molar-refractivity contribution in [1.29, 1.82) is 0 Å². The lowest BCUT2D eigenvalue weighted by Gasteiger charge is -2.36. The lowest BCUT2D eigenvalue weighted by Crippen LogP contribution is -2.39. The number of rotatable bonds is 7. The zero-order valence-corrected chi connectivity index (χ0v) is 16.6. The van der Waals surface area contributed by atoms with Crippen LogP contribution in [-0.4, -0.2) is 30.7 Å². The van der Waals surface area contributed by atoms with Crippen molar-refractivity contribution in [3.05, 3.63) is 53.8 Å². The summed E-state index contributed by atoms with van der Waals surface area (Å²) in [5.41, 5.74) is 2.77. The first kappa shape index (κ1) is 20.1. The number of hydrogen-bond acceptors (Lipinski definition) is 5. The third-order valence-electron chi connectivity index (χ3n) is 5.18. The summed E-state index contributed by atoms with van der Waals surface area (Å²) in [4.78, 5) is 30.5. The highest BCUT2D eigenvalue weighted by molar-refractivity contribution is 6.11. The van der Waals surface area contributed by atoms with E-state index in [1.807, 2.05) is 38.1 Å². The molecule has 1 saturated carbocycles. The standard InChI is InChI=1S/C23H27NO4/c1-4-13-27-19-12-7-6-9-16(19)21-20(23(26)28-14-5-2)15(3)24-17-10-8-11-18(25)22(17)21/h5-7,9,12,21-22H,2,4,8,10-11,13-14H2,1,3H3/t21-,22?/m0/s1. The molecular weight excluding hydrogens is 354 g/mol. The number of ether oxygens (including phenoxy) is 2. The minimum atomic E-state index is -0.450. The van der Waals surface area contributed by atoms with Crippen LogP contribution in [0.4, 0.5) is 0 Å². The first-order valence-corrected chi connectivity index (χ1v) is 9.89. The van der Waals surface area contributed by atoms with Crippen molar-refractivity contribution in [3.8, 4) is 5.75 Å². The van der Waals surface area contributed by atoms with Crippen LogP contribution in [0.2, 0.25) is 0 Å². The number of esters is 1. The number of aliphatic imine (C=N–C) groups is 1. The van der Waals surface area contributed by atoms with Crippen LogP contribution >= 0.6 is 0 Å². The van der Waals surface area contributed by atoms with Crippen LogP contribution < -0.4 is 4.74 Å². The second-order valence-electron chi connectivity index (χ2n) is 7.15. The molecule has 1 aliphatic heterocycles. The molecule has 1 unspecified atom stereocenters.